The Morgan fingerprint density at radius 3 is 2.05 bits per heavy atom. The summed E-state index contributed by atoms with van der Waals surface area (Å²) in [5.74, 6) is 0. The zero-order chi connectivity index (χ0) is 14.8. The lowest BCUT2D eigenvalue weighted by Crippen LogP contribution is -3.00. The number of aromatic nitrogens is 1. The lowest BCUT2D eigenvalue weighted by atomic mass is 10.1. The average Bonchev–Trinajstić information content (AvgIpc) is 2.53. The Labute approximate surface area is 142 Å². The molecule has 0 saturated carbocycles. The summed E-state index contributed by atoms with van der Waals surface area (Å²) < 4.78 is 2.40. The van der Waals surface area contributed by atoms with Crippen molar-refractivity contribution < 1.29 is 17.0 Å². The van der Waals surface area contributed by atoms with Crippen molar-refractivity contribution >= 4 is 10.9 Å². The number of pyridine rings is 1. The molecule has 0 saturated heterocycles. The van der Waals surface area contributed by atoms with Crippen LogP contribution in [0, 0.1) is 0 Å². The van der Waals surface area contributed by atoms with E-state index in [1.807, 2.05) is 0 Å². The standard InChI is InChI=1S/C20H30N.ClH/c1-2-3-4-5-6-7-8-9-12-17-21-18-13-15-19-14-10-11-16-20(19)21;/h10-11,13-16,18H,2-9,12,17H2,1H3;1H/q+1;/p-1. The minimum Gasteiger partial charge on any atom is -1.00 e. The maximum Gasteiger partial charge on any atom is 0.212 e. The molecule has 1 aromatic heterocycles. The van der Waals surface area contributed by atoms with Gasteiger partial charge in [0.25, 0.3) is 0 Å². The van der Waals surface area contributed by atoms with Crippen LogP contribution in [0.2, 0.25) is 0 Å². The van der Waals surface area contributed by atoms with Gasteiger partial charge in [0, 0.05) is 23.9 Å². The molecule has 0 amide bonds. The fourth-order valence-electron chi connectivity index (χ4n) is 3.01. The number of para-hydroxylation sites is 1. The van der Waals surface area contributed by atoms with E-state index in [-0.39, 0.29) is 12.4 Å². The second-order valence-electron chi connectivity index (χ2n) is 6.09. The minimum atomic E-state index is 0. The molecule has 0 spiro atoms. The molecule has 0 fully saturated rings. The van der Waals surface area contributed by atoms with Gasteiger partial charge in [-0.1, -0.05) is 64.0 Å². The molecule has 1 heterocycles. The normalized spacial score (nSPS) is 10.6. The minimum absolute atomic E-state index is 0. The van der Waals surface area contributed by atoms with Crippen molar-refractivity contribution in [1.82, 2.24) is 0 Å². The Morgan fingerprint density at radius 1 is 0.727 bits per heavy atom. The van der Waals surface area contributed by atoms with Gasteiger partial charge in [0.15, 0.2) is 6.20 Å². The van der Waals surface area contributed by atoms with E-state index in [9.17, 15) is 0 Å². The van der Waals surface area contributed by atoms with Crippen molar-refractivity contribution in [3.8, 4) is 0 Å². The van der Waals surface area contributed by atoms with Gasteiger partial charge < -0.3 is 12.4 Å². The van der Waals surface area contributed by atoms with E-state index >= 15 is 0 Å². The molecule has 2 heteroatoms. The van der Waals surface area contributed by atoms with E-state index in [2.05, 4.69) is 54.1 Å². The first-order chi connectivity index (χ1) is 10.4. The molecule has 0 bridgehead atoms. The van der Waals surface area contributed by atoms with E-state index in [4.69, 9.17) is 0 Å². The Kier molecular flexibility index (Phi) is 9.90. The summed E-state index contributed by atoms with van der Waals surface area (Å²) in [5, 5.41) is 1.34. The van der Waals surface area contributed by atoms with Crippen LogP contribution in [0.4, 0.5) is 0 Å². The average molecular weight is 320 g/mol. The van der Waals surface area contributed by atoms with Gasteiger partial charge in [0.2, 0.25) is 5.52 Å². The third kappa shape index (κ3) is 6.36. The highest BCUT2D eigenvalue weighted by Crippen LogP contribution is 2.11. The lowest BCUT2D eigenvalue weighted by molar-refractivity contribution is -0.671. The van der Waals surface area contributed by atoms with Gasteiger partial charge in [-0.2, -0.15) is 4.57 Å². The first-order valence-electron chi connectivity index (χ1n) is 8.79. The molecule has 0 unspecified atom stereocenters. The summed E-state index contributed by atoms with van der Waals surface area (Å²) in [6.07, 6.45) is 14.8. The fraction of sp³-hybridized carbons (Fsp3) is 0.550. The molecular formula is C20H30ClN. The Balaban J connectivity index is 0.00000242. The predicted molar refractivity (Wildman–Crippen MR) is 91.4 cm³/mol. The number of hydrogen-bond donors (Lipinski definition) is 0. The second-order valence-corrected chi connectivity index (χ2v) is 6.09. The molecule has 0 N–H and O–H groups in total. The van der Waals surface area contributed by atoms with Crippen molar-refractivity contribution in [1.29, 1.82) is 0 Å². The van der Waals surface area contributed by atoms with Gasteiger partial charge in [-0.3, -0.25) is 0 Å². The van der Waals surface area contributed by atoms with Crippen molar-refractivity contribution in [2.45, 2.75) is 71.3 Å². The molecule has 0 aliphatic rings. The molecule has 1 nitrogen and oxygen atoms in total. The quantitative estimate of drug-likeness (QED) is 0.468. The lowest BCUT2D eigenvalue weighted by Gasteiger charge is -2.02. The number of fused-ring (bicyclic) bond motifs is 1. The van der Waals surface area contributed by atoms with Crippen LogP contribution in [-0.2, 0) is 6.54 Å². The van der Waals surface area contributed by atoms with Crippen LogP contribution < -0.4 is 17.0 Å². The number of nitrogens with zero attached hydrogens (tertiary/aromatic N) is 1. The summed E-state index contributed by atoms with van der Waals surface area (Å²) in [7, 11) is 0. The Hall–Kier alpha value is -1.08. The first kappa shape index (κ1) is 19.0. The van der Waals surface area contributed by atoms with Crippen LogP contribution in [0.15, 0.2) is 42.6 Å². The fourth-order valence-corrected chi connectivity index (χ4v) is 3.01. The molecule has 1 aromatic carbocycles. The maximum atomic E-state index is 2.40. The number of hydrogen-bond acceptors (Lipinski definition) is 0. The van der Waals surface area contributed by atoms with Crippen LogP contribution in [0.5, 0.6) is 0 Å². The number of aryl methyl sites for hydroxylation is 1. The van der Waals surface area contributed by atoms with Gasteiger partial charge in [0.05, 0.1) is 0 Å². The van der Waals surface area contributed by atoms with E-state index in [1.54, 1.807) is 0 Å². The van der Waals surface area contributed by atoms with Gasteiger partial charge in [-0.05, 0) is 18.6 Å². The van der Waals surface area contributed by atoms with Crippen molar-refractivity contribution in [2.24, 2.45) is 0 Å². The van der Waals surface area contributed by atoms with Crippen molar-refractivity contribution in [3.63, 3.8) is 0 Å². The molecule has 0 radical (unpaired) electrons. The largest absolute Gasteiger partial charge is 1.00 e. The highest BCUT2D eigenvalue weighted by molar-refractivity contribution is 5.74. The van der Waals surface area contributed by atoms with Crippen LogP contribution in [-0.4, -0.2) is 0 Å². The van der Waals surface area contributed by atoms with Crippen LogP contribution in [0.1, 0.15) is 64.7 Å². The van der Waals surface area contributed by atoms with Gasteiger partial charge in [0.1, 0.15) is 6.54 Å². The topological polar surface area (TPSA) is 3.88 Å². The van der Waals surface area contributed by atoms with Crippen molar-refractivity contribution in [3.05, 3.63) is 42.6 Å². The summed E-state index contributed by atoms with van der Waals surface area (Å²) in [5.41, 5.74) is 1.36. The van der Waals surface area contributed by atoms with Crippen LogP contribution in [0.25, 0.3) is 10.9 Å². The summed E-state index contributed by atoms with van der Waals surface area (Å²) >= 11 is 0. The summed E-state index contributed by atoms with van der Waals surface area (Å²) in [4.78, 5) is 0. The number of halogens is 1. The zero-order valence-corrected chi connectivity index (χ0v) is 14.7. The van der Waals surface area contributed by atoms with Crippen LogP contribution in [0.3, 0.4) is 0 Å². The third-order valence-electron chi connectivity index (χ3n) is 4.29. The van der Waals surface area contributed by atoms with E-state index in [1.165, 1.54) is 68.7 Å². The molecule has 122 valence electrons. The number of rotatable bonds is 10. The second kappa shape index (κ2) is 11.5. The number of benzene rings is 1. The Bertz CT molecular complexity index is 519. The summed E-state index contributed by atoms with van der Waals surface area (Å²) in [6, 6.07) is 13.0. The van der Waals surface area contributed by atoms with E-state index < -0.39 is 0 Å². The maximum absolute atomic E-state index is 2.40. The summed E-state index contributed by atoms with van der Waals surface area (Å²) in [6.45, 7) is 3.43. The highest BCUT2D eigenvalue weighted by Gasteiger charge is 2.06. The van der Waals surface area contributed by atoms with E-state index in [0.717, 1.165) is 6.54 Å². The molecule has 2 aromatic rings. The monoisotopic (exact) mass is 319 g/mol. The zero-order valence-electron chi connectivity index (χ0n) is 13.9. The molecule has 0 aliphatic heterocycles. The molecule has 2 rings (SSSR count). The molecule has 0 atom stereocenters. The van der Waals surface area contributed by atoms with Gasteiger partial charge in [-0.25, -0.2) is 0 Å². The van der Waals surface area contributed by atoms with Gasteiger partial charge >= 0.3 is 0 Å². The van der Waals surface area contributed by atoms with Gasteiger partial charge in [-0.15, -0.1) is 0 Å². The highest BCUT2D eigenvalue weighted by atomic mass is 35.5. The SMILES string of the molecule is CCCCCCCCCCC[n+]1cccc2ccccc21.[Cl-]. The van der Waals surface area contributed by atoms with Crippen LogP contribution >= 0.6 is 0 Å². The third-order valence-corrected chi connectivity index (χ3v) is 4.29. The Morgan fingerprint density at radius 2 is 1.32 bits per heavy atom. The molecular weight excluding hydrogens is 290 g/mol. The molecule has 22 heavy (non-hydrogen) atoms. The van der Waals surface area contributed by atoms with Crippen molar-refractivity contribution in [2.75, 3.05) is 0 Å². The molecule has 0 aliphatic carbocycles. The number of unbranched alkanes of at least 4 members (excludes halogenated alkanes) is 8. The van der Waals surface area contributed by atoms with E-state index in [0.29, 0.717) is 0 Å². The predicted octanol–water partition coefficient (Wildman–Crippen LogP) is 2.66. The smallest absolute Gasteiger partial charge is 0.212 e. The first-order valence-corrected chi connectivity index (χ1v) is 8.79.